The van der Waals surface area contributed by atoms with E-state index in [1.54, 1.807) is 0 Å². The second kappa shape index (κ2) is 7.21. The van der Waals surface area contributed by atoms with Crippen LogP contribution in [0.1, 0.15) is 12.5 Å². The van der Waals surface area contributed by atoms with Gasteiger partial charge in [0.1, 0.15) is 0 Å². The van der Waals surface area contributed by atoms with Gasteiger partial charge in [0.05, 0.1) is 15.8 Å². The predicted molar refractivity (Wildman–Crippen MR) is 88.8 cm³/mol. The lowest BCUT2D eigenvalue weighted by molar-refractivity contribution is -0.137. The van der Waals surface area contributed by atoms with Crippen LogP contribution in [0.2, 0.25) is 0 Å². The molecule has 0 amide bonds. The van der Waals surface area contributed by atoms with Crippen LogP contribution in [-0.4, -0.2) is 30.7 Å². The van der Waals surface area contributed by atoms with E-state index in [0.29, 0.717) is 16.3 Å². The van der Waals surface area contributed by atoms with Crippen LogP contribution in [0.4, 0.5) is 18.3 Å². The smallest absolute Gasteiger partial charge is 0.343 e. The maximum atomic E-state index is 12.7. The molecule has 1 fully saturated rings. The monoisotopic (exact) mass is 373 g/mol. The van der Waals surface area contributed by atoms with Gasteiger partial charge in [-0.05, 0) is 25.1 Å². The highest BCUT2D eigenvalue weighted by Gasteiger charge is 2.31. The van der Waals surface area contributed by atoms with Crippen LogP contribution < -0.4 is 10.2 Å². The Morgan fingerprint density at radius 1 is 1.32 bits per heavy atom. The van der Waals surface area contributed by atoms with Crippen LogP contribution in [0.5, 0.6) is 0 Å². The minimum atomic E-state index is -4.30. The summed E-state index contributed by atoms with van der Waals surface area (Å²) in [4.78, 5) is 6.61. The van der Waals surface area contributed by atoms with E-state index in [1.807, 2.05) is 0 Å². The molecule has 1 aliphatic heterocycles. The Kier molecular flexibility index (Phi) is 6.32. The third-order valence-electron chi connectivity index (χ3n) is 3.45. The summed E-state index contributed by atoms with van der Waals surface area (Å²) in [5.74, 6) is 0. The Morgan fingerprint density at radius 2 is 2.05 bits per heavy atom. The van der Waals surface area contributed by atoms with Gasteiger partial charge in [0, 0.05) is 25.7 Å². The zero-order chi connectivity index (χ0) is 14.3. The number of rotatable bonds is 1. The maximum Gasteiger partial charge on any atom is 0.416 e. The highest BCUT2D eigenvalue weighted by molar-refractivity contribution is 7.22. The van der Waals surface area contributed by atoms with Gasteiger partial charge in [-0.2, -0.15) is 13.2 Å². The van der Waals surface area contributed by atoms with Crippen molar-refractivity contribution < 1.29 is 13.2 Å². The Morgan fingerprint density at radius 3 is 2.68 bits per heavy atom. The number of aromatic nitrogens is 1. The molecule has 1 aliphatic rings. The predicted octanol–water partition coefficient (Wildman–Crippen LogP) is 3.96. The van der Waals surface area contributed by atoms with Crippen LogP contribution >= 0.6 is 36.2 Å². The number of halogens is 5. The number of piperazine rings is 1. The Balaban J connectivity index is 0.00000121. The molecule has 124 valence electrons. The van der Waals surface area contributed by atoms with Gasteiger partial charge in [-0.25, -0.2) is 4.98 Å². The maximum absolute atomic E-state index is 12.7. The molecule has 0 spiro atoms. The highest BCUT2D eigenvalue weighted by atomic mass is 35.5. The average Bonchev–Trinajstić information content (AvgIpc) is 2.80. The zero-order valence-corrected chi connectivity index (χ0v) is 14.1. The fourth-order valence-electron chi connectivity index (χ4n) is 2.34. The molecule has 2 heterocycles. The van der Waals surface area contributed by atoms with Crippen LogP contribution in [0.15, 0.2) is 18.2 Å². The van der Waals surface area contributed by atoms with E-state index in [2.05, 4.69) is 22.1 Å². The Labute approximate surface area is 142 Å². The van der Waals surface area contributed by atoms with Crippen LogP contribution in [0, 0.1) is 0 Å². The van der Waals surface area contributed by atoms with Gasteiger partial charge >= 0.3 is 6.18 Å². The van der Waals surface area contributed by atoms with E-state index in [9.17, 15) is 13.2 Å². The molecule has 0 bridgehead atoms. The van der Waals surface area contributed by atoms with Gasteiger partial charge in [0.25, 0.3) is 0 Å². The molecular weight excluding hydrogens is 358 g/mol. The van der Waals surface area contributed by atoms with E-state index in [4.69, 9.17) is 0 Å². The fraction of sp³-hybridized carbons (Fsp3) is 0.462. The summed E-state index contributed by atoms with van der Waals surface area (Å²) in [6.45, 7) is 4.64. The lowest BCUT2D eigenvalue weighted by Gasteiger charge is -2.33. The van der Waals surface area contributed by atoms with Crippen molar-refractivity contribution in [3.8, 4) is 0 Å². The number of benzene rings is 1. The first kappa shape index (κ1) is 19.3. The van der Waals surface area contributed by atoms with Gasteiger partial charge in [-0.15, -0.1) is 24.8 Å². The summed E-state index contributed by atoms with van der Waals surface area (Å²) >= 11 is 1.32. The Hall–Kier alpha value is -0.760. The summed E-state index contributed by atoms with van der Waals surface area (Å²) in [7, 11) is 0. The molecule has 1 aromatic carbocycles. The largest absolute Gasteiger partial charge is 0.416 e. The van der Waals surface area contributed by atoms with E-state index in [-0.39, 0.29) is 24.8 Å². The van der Waals surface area contributed by atoms with Crippen LogP contribution in [0.3, 0.4) is 0 Å². The normalized spacial score (nSPS) is 18.7. The molecule has 0 saturated carbocycles. The quantitative estimate of drug-likeness (QED) is 0.819. The molecule has 1 saturated heterocycles. The van der Waals surface area contributed by atoms with Crippen molar-refractivity contribution >= 4 is 51.5 Å². The molecule has 22 heavy (non-hydrogen) atoms. The summed E-state index contributed by atoms with van der Waals surface area (Å²) in [5, 5.41) is 4.08. The standard InChI is InChI=1S/C13H14F3N3S.2ClH/c1-8-7-17-4-5-19(8)12-18-10-3-2-9(13(14,15)16)6-11(10)20-12;;/h2-3,6,8,17H,4-5,7H2,1H3;2*1H/t8-;;/m0../s1. The molecule has 1 N–H and O–H groups in total. The third-order valence-corrected chi connectivity index (χ3v) is 4.51. The number of hydrogen-bond donors (Lipinski definition) is 1. The van der Waals surface area contributed by atoms with Gasteiger partial charge < -0.3 is 10.2 Å². The van der Waals surface area contributed by atoms with E-state index in [1.165, 1.54) is 23.5 Å². The number of thiazole rings is 1. The molecule has 1 atom stereocenters. The van der Waals surface area contributed by atoms with Crippen molar-refractivity contribution in [2.75, 3.05) is 24.5 Å². The first-order chi connectivity index (χ1) is 9.45. The first-order valence-electron chi connectivity index (χ1n) is 6.40. The van der Waals surface area contributed by atoms with Crippen molar-refractivity contribution in [2.24, 2.45) is 0 Å². The number of anilines is 1. The number of fused-ring (bicyclic) bond motifs is 1. The molecule has 0 aliphatic carbocycles. The zero-order valence-electron chi connectivity index (χ0n) is 11.7. The van der Waals surface area contributed by atoms with E-state index >= 15 is 0 Å². The summed E-state index contributed by atoms with van der Waals surface area (Å²) < 4.78 is 38.7. The molecule has 0 unspecified atom stereocenters. The van der Waals surface area contributed by atoms with Crippen molar-refractivity contribution in [3.63, 3.8) is 0 Å². The number of nitrogens with one attached hydrogen (secondary N) is 1. The molecule has 9 heteroatoms. The minimum Gasteiger partial charge on any atom is -0.343 e. The van der Waals surface area contributed by atoms with Crippen LogP contribution in [0.25, 0.3) is 10.2 Å². The first-order valence-corrected chi connectivity index (χ1v) is 7.22. The van der Waals surface area contributed by atoms with Crippen molar-refractivity contribution in [1.82, 2.24) is 10.3 Å². The van der Waals surface area contributed by atoms with Crippen molar-refractivity contribution in [2.45, 2.75) is 19.1 Å². The van der Waals surface area contributed by atoms with Gasteiger partial charge in [0.15, 0.2) is 5.13 Å². The molecule has 1 aromatic heterocycles. The number of nitrogens with zero attached hydrogens (tertiary/aromatic N) is 2. The second-order valence-electron chi connectivity index (χ2n) is 4.92. The lowest BCUT2D eigenvalue weighted by atomic mass is 10.2. The van der Waals surface area contributed by atoms with Crippen molar-refractivity contribution in [1.29, 1.82) is 0 Å². The van der Waals surface area contributed by atoms with Gasteiger partial charge in [-0.3, -0.25) is 0 Å². The third kappa shape index (κ3) is 3.76. The summed E-state index contributed by atoms with van der Waals surface area (Å²) in [6.07, 6.45) is -4.30. The van der Waals surface area contributed by atoms with Crippen molar-refractivity contribution in [3.05, 3.63) is 23.8 Å². The van der Waals surface area contributed by atoms with Gasteiger partial charge in [0.2, 0.25) is 0 Å². The lowest BCUT2D eigenvalue weighted by Crippen LogP contribution is -2.49. The highest BCUT2D eigenvalue weighted by Crippen LogP contribution is 2.35. The summed E-state index contributed by atoms with van der Waals surface area (Å²) in [6, 6.07) is 4.02. The molecule has 3 rings (SSSR count). The van der Waals surface area contributed by atoms with Gasteiger partial charge in [-0.1, -0.05) is 11.3 Å². The number of alkyl halides is 3. The molecule has 3 nitrogen and oxygen atoms in total. The molecular formula is C13H16Cl2F3N3S. The fourth-order valence-corrected chi connectivity index (χ4v) is 3.47. The van der Waals surface area contributed by atoms with Crippen LogP contribution in [-0.2, 0) is 6.18 Å². The molecule has 2 aromatic rings. The summed E-state index contributed by atoms with van der Waals surface area (Å²) in [5.41, 5.74) is 0.0114. The topological polar surface area (TPSA) is 28.2 Å². The average molecular weight is 374 g/mol. The molecule has 0 radical (unpaired) electrons. The minimum absolute atomic E-state index is 0. The second-order valence-corrected chi connectivity index (χ2v) is 5.93. The van der Waals surface area contributed by atoms with E-state index in [0.717, 1.165) is 30.8 Å². The van der Waals surface area contributed by atoms with E-state index < -0.39 is 11.7 Å². The number of hydrogen-bond acceptors (Lipinski definition) is 4. The SMILES string of the molecule is C[C@H]1CNCCN1c1nc2ccc(C(F)(F)F)cc2s1.Cl.Cl. The Bertz CT molecular complexity index is 633.